The lowest BCUT2D eigenvalue weighted by molar-refractivity contribution is -0.140. The number of aromatic amines is 1. The minimum Gasteiger partial charge on any atom is -0.465 e. The van der Waals surface area contributed by atoms with Gasteiger partial charge in [0.1, 0.15) is 12.4 Å². The number of nitrogens with zero attached hydrogens (tertiary/aromatic N) is 3. The molecule has 0 bridgehead atoms. The van der Waals surface area contributed by atoms with Crippen molar-refractivity contribution in [2.45, 2.75) is 13.8 Å². The molecule has 2 aromatic rings. The number of anilines is 2. The summed E-state index contributed by atoms with van der Waals surface area (Å²) in [6.07, 6.45) is 1.61. The predicted molar refractivity (Wildman–Crippen MR) is 71.0 cm³/mol. The van der Waals surface area contributed by atoms with Crippen LogP contribution < -0.4 is 10.6 Å². The van der Waals surface area contributed by atoms with Crippen LogP contribution in [0.4, 0.5) is 11.8 Å². The molecule has 102 valence electrons. The molecule has 0 saturated carbocycles. The van der Waals surface area contributed by atoms with E-state index in [4.69, 9.17) is 4.74 Å². The van der Waals surface area contributed by atoms with Gasteiger partial charge in [0.25, 0.3) is 0 Å². The fourth-order valence-electron chi connectivity index (χ4n) is 1.57. The van der Waals surface area contributed by atoms with E-state index in [1.54, 1.807) is 13.1 Å². The number of fused-ring (bicyclic) bond motifs is 1. The fraction of sp³-hybridized carbons (Fsp3) is 0.455. The summed E-state index contributed by atoms with van der Waals surface area (Å²) in [6, 6.07) is 0. The van der Waals surface area contributed by atoms with Gasteiger partial charge in [-0.3, -0.25) is 9.89 Å². The number of H-pyrrole nitrogens is 1. The molecule has 19 heavy (non-hydrogen) atoms. The number of hydrogen-bond donors (Lipinski definition) is 3. The quantitative estimate of drug-likeness (QED) is 0.661. The summed E-state index contributed by atoms with van der Waals surface area (Å²) in [7, 11) is 0. The zero-order valence-corrected chi connectivity index (χ0v) is 10.9. The molecule has 0 aliphatic carbocycles. The first-order chi connectivity index (χ1) is 9.24. The zero-order chi connectivity index (χ0) is 13.7. The van der Waals surface area contributed by atoms with Gasteiger partial charge in [-0.05, 0) is 13.8 Å². The van der Waals surface area contributed by atoms with Gasteiger partial charge in [-0.15, -0.1) is 0 Å². The molecule has 0 unspecified atom stereocenters. The lowest BCUT2D eigenvalue weighted by Gasteiger charge is -2.08. The molecule has 8 nitrogen and oxygen atoms in total. The van der Waals surface area contributed by atoms with Crippen LogP contribution in [0, 0.1) is 0 Å². The minimum absolute atomic E-state index is 0.0523. The molecule has 8 heteroatoms. The van der Waals surface area contributed by atoms with Crippen LogP contribution in [0.15, 0.2) is 6.20 Å². The molecule has 0 fully saturated rings. The first-order valence-corrected chi connectivity index (χ1v) is 6.09. The zero-order valence-electron chi connectivity index (χ0n) is 10.9. The second-order valence-corrected chi connectivity index (χ2v) is 3.72. The van der Waals surface area contributed by atoms with Gasteiger partial charge in [0, 0.05) is 6.54 Å². The summed E-state index contributed by atoms with van der Waals surface area (Å²) >= 11 is 0. The van der Waals surface area contributed by atoms with Crippen LogP contribution >= 0.6 is 0 Å². The molecular weight excluding hydrogens is 248 g/mol. The molecule has 3 N–H and O–H groups in total. The molecule has 2 rings (SSSR count). The van der Waals surface area contributed by atoms with Crippen molar-refractivity contribution in [3.05, 3.63) is 6.20 Å². The maximum atomic E-state index is 11.3. The van der Waals surface area contributed by atoms with Crippen LogP contribution in [-0.4, -0.2) is 45.8 Å². The number of rotatable bonds is 6. The highest BCUT2D eigenvalue weighted by Gasteiger charge is 2.10. The second-order valence-electron chi connectivity index (χ2n) is 3.72. The Morgan fingerprint density at radius 3 is 2.95 bits per heavy atom. The Morgan fingerprint density at radius 2 is 2.21 bits per heavy atom. The van der Waals surface area contributed by atoms with E-state index >= 15 is 0 Å². The van der Waals surface area contributed by atoms with Gasteiger partial charge < -0.3 is 15.4 Å². The van der Waals surface area contributed by atoms with Gasteiger partial charge in [0.15, 0.2) is 5.65 Å². The van der Waals surface area contributed by atoms with Crippen LogP contribution in [0.25, 0.3) is 11.0 Å². The predicted octanol–water partition coefficient (Wildman–Crippen LogP) is 0.760. The Kier molecular flexibility index (Phi) is 4.11. The molecule has 2 heterocycles. The maximum Gasteiger partial charge on any atom is 0.325 e. The number of ether oxygens (including phenoxy) is 1. The molecule has 0 spiro atoms. The van der Waals surface area contributed by atoms with E-state index in [0.717, 1.165) is 5.39 Å². The molecule has 0 aromatic carbocycles. The van der Waals surface area contributed by atoms with Crippen molar-refractivity contribution in [1.29, 1.82) is 0 Å². The third kappa shape index (κ3) is 3.09. The maximum absolute atomic E-state index is 11.3. The topological polar surface area (TPSA) is 105 Å². The van der Waals surface area contributed by atoms with E-state index in [1.807, 2.05) is 6.92 Å². The number of nitrogens with one attached hydrogen (secondary N) is 3. The van der Waals surface area contributed by atoms with Crippen molar-refractivity contribution in [3.63, 3.8) is 0 Å². The third-order valence-electron chi connectivity index (χ3n) is 2.35. The number of hydrogen-bond acceptors (Lipinski definition) is 7. The van der Waals surface area contributed by atoms with Gasteiger partial charge >= 0.3 is 5.97 Å². The van der Waals surface area contributed by atoms with Crippen LogP contribution in [0.3, 0.4) is 0 Å². The summed E-state index contributed by atoms with van der Waals surface area (Å²) < 4.78 is 4.85. The highest BCUT2D eigenvalue weighted by Crippen LogP contribution is 2.19. The highest BCUT2D eigenvalue weighted by molar-refractivity contribution is 5.88. The number of carbonyl (C=O) groups excluding carboxylic acids is 1. The second kappa shape index (κ2) is 5.98. The Hall–Kier alpha value is -2.38. The molecule has 2 aromatic heterocycles. The van der Waals surface area contributed by atoms with E-state index in [0.29, 0.717) is 30.6 Å². The van der Waals surface area contributed by atoms with Crippen molar-refractivity contribution in [2.75, 3.05) is 30.3 Å². The average Bonchev–Trinajstić information content (AvgIpc) is 2.85. The van der Waals surface area contributed by atoms with E-state index < -0.39 is 0 Å². The number of esters is 1. The first kappa shape index (κ1) is 13.1. The van der Waals surface area contributed by atoms with Gasteiger partial charge in [-0.25, -0.2) is 0 Å². The van der Waals surface area contributed by atoms with E-state index in [1.165, 1.54) is 0 Å². The highest BCUT2D eigenvalue weighted by atomic mass is 16.5. The van der Waals surface area contributed by atoms with Gasteiger partial charge in [-0.2, -0.15) is 15.1 Å². The van der Waals surface area contributed by atoms with Crippen LogP contribution in [-0.2, 0) is 9.53 Å². The summed E-state index contributed by atoms with van der Waals surface area (Å²) in [5.74, 6) is 0.691. The summed E-state index contributed by atoms with van der Waals surface area (Å²) in [4.78, 5) is 19.9. The molecule has 0 aliphatic rings. The first-order valence-electron chi connectivity index (χ1n) is 6.09. The van der Waals surface area contributed by atoms with Crippen molar-refractivity contribution >= 4 is 28.8 Å². The molecular formula is C11H16N6O2. The van der Waals surface area contributed by atoms with Crippen LogP contribution in [0.2, 0.25) is 0 Å². The van der Waals surface area contributed by atoms with Gasteiger partial charge in [0.2, 0.25) is 5.95 Å². The molecule has 0 atom stereocenters. The standard InChI is InChI=1S/C11H16N6O2/c1-3-12-11-15-9(13-6-8(18)19-4-2)7-5-14-17-10(7)16-11/h5H,3-4,6H2,1-2H3,(H3,12,13,14,15,16,17). The molecule has 0 amide bonds. The van der Waals surface area contributed by atoms with E-state index in [-0.39, 0.29) is 12.5 Å². The lowest BCUT2D eigenvalue weighted by Crippen LogP contribution is -2.18. The smallest absolute Gasteiger partial charge is 0.325 e. The average molecular weight is 264 g/mol. The molecule has 0 radical (unpaired) electrons. The molecule has 0 saturated heterocycles. The lowest BCUT2D eigenvalue weighted by atomic mass is 10.4. The Morgan fingerprint density at radius 1 is 1.37 bits per heavy atom. The largest absolute Gasteiger partial charge is 0.465 e. The SMILES string of the molecule is CCNc1nc(NCC(=O)OCC)c2cn[nH]c2n1. The fourth-order valence-corrected chi connectivity index (χ4v) is 1.57. The normalized spacial score (nSPS) is 10.4. The van der Waals surface area contributed by atoms with Gasteiger partial charge in [0.05, 0.1) is 18.2 Å². The van der Waals surface area contributed by atoms with Crippen molar-refractivity contribution < 1.29 is 9.53 Å². The van der Waals surface area contributed by atoms with E-state index in [9.17, 15) is 4.79 Å². The van der Waals surface area contributed by atoms with Crippen LogP contribution in [0.5, 0.6) is 0 Å². The van der Waals surface area contributed by atoms with E-state index in [2.05, 4.69) is 30.8 Å². The van der Waals surface area contributed by atoms with Crippen molar-refractivity contribution in [1.82, 2.24) is 20.2 Å². The summed E-state index contributed by atoms with van der Waals surface area (Å²) in [5, 5.41) is 13.4. The monoisotopic (exact) mass is 264 g/mol. The number of aromatic nitrogens is 4. The minimum atomic E-state index is -0.331. The number of carbonyl (C=O) groups is 1. The summed E-state index contributed by atoms with van der Waals surface area (Å²) in [5.41, 5.74) is 0.609. The third-order valence-corrected chi connectivity index (χ3v) is 2.35. The van der Waals surface area contributed by atoms with Crippen molar-refractivity contribution in [2.24, 2.45) is 0 Å². The van der Waals surface area contributed by atoms with Crippen molar-refractivity contribution in [3.8, 4) is 0 Å². The van der Waals surface area contributed by atoms with Crippen LogP contribution in [0.1, 0.15) is 13.8 Å². The Balaban J connectivity index is 2.19. The summed E-state index contributed by atoms with van der Waals surface area (Å²) in [6.45, 7) is 4.83. The Bertz CT molecular complexity index is 567. The molecule has 0 aliphatic heterocycles. The Labute approximate surface area is 110 Å². The van der Waals surface area contributed by atoms with Gasteiger partial charge in [-0.1, -0.05) is 0 Å².